The number of carbonyl (C=O) groups excluding carboxylic acids is 4. The van der Waals surface area contributed by atoms with Crippen LogP contribution in [0.25, 0.3) is 0 Å². The molecule has 0 aromatic heterocycles. The highest BCUT2D eigenvalue weighted by Gasteiger charge is 2.88. The fourth-order valence-electron chi connectivity index (χ4n) is 5.68. The Bertz CT molecular complexity index is 865. The Kier molecular flexibility index (Phi) is 2.56. The van der Waals surface area contributed by atoms with E-state index in [0.717, 1.165) is 0 Å². The molecule has 5 aliphatic rings. The van der Waals surface area contributed by atoms with Gasteiger partial charge in [0, 0.05) is 0 Å². The van der Waals surface area contributed by atoms with Crippen LogP contribution in [0, 0.1) is 10.8 Å². The summed E-state index contributed by atoms with van der Waals surface area (Å²) in [5, 5.41) is 22.9. The molecule has 26 heavy (non-hydrogen) atoms. The second-order valence-corrected chi connectivity index (χ2v) is 7.74. The Morgan fingerprint density at radius 3 is 1.42 bits per heavy atom. The first-order valence-corrected chi connectivity index (χ1v) is 8.33. The van der Waals surface area contributed by atoms with Crippen LogP contribution in [0.2, 0.25) is 0 Å². The van der Waals surface area contributed by atoms with E-state index in [2.05, 4.69) is 0 Å². The first kappa shape index (κ1) is 16.2. The summed E-state index contributed by atoms with van der Waals surface area (Å²) < 4.78 is 10.7. The quantitative estimate of drug-likeness (QED) is 0.496. The normalized spacial score (nSPS) is 46.9. The van der Waals surface area contributed by atoms with Crippen LogP contribution >= 0.6 is 0 Å². The molecule has 0 unspecified atom stereocenters. The van der Waals surface area contributed by atoms with Crippen LogP contribution < -0.4 is 0 Å². The van der Waals surface area contributed by atoms with Crippen LogP contribution in [0.4, 0.5) is 0 Å². The number of hydrogen-bond donors (Lipinski definition) is 2. The van der Waals surface area contributed by atoms with Crippen LogP contribution in [0.1, 0.15) is 13.8 Å². The van der Waals surface area contributed by atoms with Crippen molar-refractivity contribution in [2.45, 2.75) is 25.0 Å². The van der Waals surface area contributed by atoms with E-state index in [4.69, 9.17) is 9.47 Å². The highest BCUT2D eigenvalue weighted by molar-refractivity contribution is 6.38. The largest absolute Gasteiger partial charge is 0.376 e. The Labute approximate surface area is 147 Å². The van der Waals surface area contributed by atoms with Crippen LogP contribution in [0.3, 0.4) is 0 Å². The molecule has 5 rings (SSSR count). The second kappa shape index (κ2) is 4.12. The van der Waals surface area contributed by atoms with E-state index in [1.807, 2.05) is 0 Å². The third kappa shape index (κ3) is 1.10. The third-order valence-corrected chi connectivity index (χ3v) is 7.07. The summed E-state index contributed by atoms with van der Waals surface area (Å²) in [7, 11) is 0. The Hall–Kier alpha value is -2.00. The number of carbonyl (C=O) groups is 4. The molecule has 0 aromatic carbocycles. The lowest BCUT2D eigenvalue weighted by atomic mass is 9.38. The number of ether oxygens (including phenoxy) is 2. The summed E-state index contributed by atoms with van der Waals surface area (Å²) in [4.78, 5) is 53.2. The van der Waals surface area contributed by atoms with Crippen molar-refractivity contribution in [2.24, 2.45) is 10.8 Å². The molecule has 2 aliphatic heterocycles. The molecule has 2 N–H and O–H groups in total. The molecule has 0 aromatic rings. The smallest absolute Gasteiger partial charge is 0.205 e. The van der Waals surface area contributed by atoms with Crippen molar-refractivity contribution in [1.82, 2.24) is 0 Å². The molecule has 4 bridgehead atoms. The molecule has 1 saturated carbocycles. The van der Waals surface area contributed by atoms with Crippen LogP contribution in [0.5, 0.6) is 0 Å². The fourth-order valence-corrected chi connectivity index (χ4v) is 5.68. The lowest BCUT2D eigenvalue weighted by Crippen LogP contribution is -2.85. The Balaban J connectivity index is 2.03. The topological polar surface area (TPSA) is 127 Å². The van der Waals surface area contributed by atoms with Gasteiger partial charge in [-0.15, -0.1) is 0 Å². The molecule has 2 heterocycles. The van der Waals surface area contributed by atoms with E-state index < -0.39 is 58.4 Å². The lowest BCUT2D eigenvalue weighted by molar-refractivity contribution is -0.209. The van der Waals surface area contributed by atoms with Crippen molar-refractivity contribution in [3.63, 3.8) is 0 Å². The maximum Gasteiger partial charge on any atom is 0.205 e. The third-order valence-electron chi connectivity index (χ3n) is 7.07. The summed E-state index contributed by atoms with van der Waals surface area (Å²) in [6.07, 6.45) is 0. The summed E-state index contributed by atoms with van der Waals surface area (Å²) in [6.45, 7) is 1.62. The summed E-state index contributed by atoms with van der Waals surface area (Å²) in [5.74, 6) is -3.86. The molecule has 0 radical (unpaired) electrons. The highest BCUT2D eigenvalue weighted by Crippen LogP contribution is 2.66. The van der Waals surface area contributed by atoms with Crippen LogP contribution in [-0.2, 0) is 28.7 Å². The Morgan fingerprint density at radius 2 is 1.08 bits per heavy atom. The molecule has 0 amide bonds. The maximum absolute atomic E-state index is 13.5. The van der Waals surface area contributed by atoms with E-state index in [0.29, 0.717) is 0 Å². The summed E-state index contributed by atoms with van der Waals surface area (Å²) in [5.41, 5.74) is -9.28. The van der Waals surface area contributed by atoms with Crippen molar-refractivity contribution in [2.75, 3.05) is 26.4 Å². The number of aliphatic hydroxyl groups is 2. The van der Waals surface area contributed by atoms with Gasteiger partial charge < -0.3 is 19.7 Å². The van der Waals surface area contributed by atoms with Gasteiger partial charge in [0.05, 0.1) is 26.4 Å². The first-order chi connectivity index (χ1) is 12.1. The monoisotopic (exact) mass is 360 g/mol. The predicted molar refractivity (Wildman–Crippen MR) is 81.8 cm³/mol. The van der Waals surface area contributed by atoms with Gasteiger partial charge in [0.15, 0.2) is 23.1 Å². The predicted octanol–water partition coefficient (Wildman–Crippen LogP) is -1.57. The van der Waals surface area contributed by atoms with Crippen molar-refractivity contribution < 1.29 is 38.9 Å². The molecule has 2 spiro atoms. The van der Waals surface area contributed by atoms with Gasteiger partial charge in [0.2, 0.25) is 11.2 Å². The number of rotatable bonds is 0. The van der Waals surface area contributed by atoms with Gasteiger partial charge in [-0.2, -0.15) is 0 Å². The average Bonchev–Trinajstić information content (AvgIpc) is 3.26. The first-order valence-electron chi connectivity index (χ1n) is 8.33. The van der Waals surface area contributed by atoms with Crippen LogP contribution in [-0.4, -0.2) is 71.0 Å². The highest BCUT2D eigenvalue weighted by atomic mass is 16.5. The number of ketones is 4. The van der Waals surface area contributed by atoms with E-state index in [9.17, 15) is 29.4 Å². The van der Waals surface area contributed by atoms with Crippen molar-refractivity contribution in [1.29, 1.82) is 0 Å². The minimum absolute atomic E-state index is 0.0495. The zero-order chi connectivity index (χ0) is 18.9. The maximum atomic E-state index is 13.5. The van der Waals surface area contributed by atoms with E-state index in [1.165, 1.54) is 13.8 Å². The van der Waals surface area contributed by atoms with E-state index in [1.54, 1.807) is 0 Å². The molecule has 4 atom stereocenters. The van der Waals surface area contributed by atoms with Crippen molar-refractivity contribution in [3.05, 3.63) is 22.3 Å². The van der Waals surface area contributed by atoms with Gasteiger partial charge in [0.25, 0.3) is 0 Å². The zero-order valence-corrected chi connectivity index (χ0v) is 14.2. The molecule has 8 heteroatoms. The molecule has 3 aliphatic carbocycles. The minimum Gasteiger partial charge on any atom is -0.376 e. The number of Topliss-reactive ketones (excluding diaryl/α,β-unsaturated/α-hetero) is 4. The van der Waals surface area contributed by atoms with Crippen LogP contribution in [0.15, 0.2) is 22.3 Å². The van der Waals surface area contributed by atoms with Gasteiger partial charge >= 0.3 is 0 Å². The van der Waals surface area contributed by atoms with E-state index in [-0.39, 0.29) is 35.5 Å². The van der Waals surface area contributed by atoms with Crippen molar-refractivity contribution in [3.8, 4) is 0 Å². The standard InChI is InChI=1S/C18H16O8/c1-7-9-3-25-5-15(9)13(21)17(23,11(7)19)16-6-26-4-10(16)8(2)12(20)18(15,24)14(16)22/h23-24H,3-6H2,1-2H3/t15-,16+,17-,18-/m0/s1. The van der Waals surface area contributed by atoms with Gasteiger partial charge in [-0.3, -0.25) is 19.2 Å². The molecule has 136 valence electrons. The molecule has 2 saturated heterocycles. The summed E-state index contributed by atoms with van der Waals surface area (Å²) in [6, 6.07) is 0. The van der Waals surface area contributed by atoms with Crippen molar-refractivity contribution >= 4 is 23.1 Å². The van der Waals surface area contributed by atoms with Gasteiger partial charge in [-0.05, 0) is 36.1 Å². The zero-order valence-electron chi connectivity index (χ0n) is 14.2. The number of fused-ring (bicyclic) bond motifs is 2. The lowest BCUT2D eigenvalue weighted by Gasteiger charge is -2.60. The fraction of sp³-hybridized carbons (Fsp3) is 0.556. The Morgan fingerprint density at radius 1 is 0.731 bits per heavy atom. The van der Waals surface area contributed by atoms with E-state index >= 15 is 0 Å². The van der Waals surface area contributed by atoms with Gasteiger partial charge in [0.1, 0.15) is 10.8 Å². The number of hydrogen-bond acceptors (Lipinski definition) is 8. The molecule has 8 nitrogen and oxygen atoms in total. The molecular weight excluding hydrogens is 344 g/mol. The SMILES string of the molecule is CC1=C2COC[C@]23C(=O)[C@@](O)(C1=O)[C@@]12COCC1=C(C)C(=O)[C@]3(O)C2=O. The molecule has 3 fully saturated rings. The minimum atomic E-state index is -2.72. The summed E-state index contributed by atoms with van der Waals surface area (Å²) >= 11 is 0. The van der Waals surface area contributed by atoms with Gasteiger partial charge in [-0.25, -0.2) is 0 Å². The average molecular weight is 360 g/mol. The molecular formula is C18H16O8. The van der Waals surface area contributed by atoms with Gasteiger partial charge in [-0.1, -0.05) is 0 Å². The second-order valence-electron chi connectivity index (χ2n) is 7.74.